The summed E-state index contributed by atoms with van der Waals surface area (Å²) in [6.07, 6.45) is 0.522. The van der Waals surface area contributed by atoms with Crippen LogP contribution in [0.1, 0.15) is 12.0 Å². The largest absolute Gasteiger partial charge is 0.497 e. The highest BCUT2D eigenvalue weighted by atomic mass is 32.2. The van der Waals surface area contributed by atoms with Gasteiger partial charge in [0.05, 0.1) is 33.2 Å². The van der Waals surface area contributed by atoms with Crippen molar-refractivity contribution in [2.75, 3.05) is 52.8 Å². The van der Waals surface area contributed by atoms with E-state index in [-0.39, 0.29) is 18.1 Å². The molecule has 1 aromatic rings. The minimum atomic E-state index is -3.42. The summed E-state index contributed by atoms with van der Waals surface area (Å²) in [6.45, 7) is 1.89. The van der Waals surface area contributed by atoms with E-state index >= 15 is 0 Å². The molecule has 1 aliphatic rings. The Morgan fingerprint density at radius 1 is 1.23 bits per heavy atom. The van der Waals surface area contributed by atoms with Crippen molar-refractivity contribution in [3.63, 3.8) is 0 Å². The zero-order valence-corrected chi connectivity index (χ0v) is 16.0. The zero-order valence-electron chi connectivity index (χ0n) is 15.2. The fraction of sp³-hybridized carbons (Fsp3) is 0.588. The van der Waals surface area contributed by atoms with Crippen LogP contribution in [-0.2, 0) is 26.0 Å². The molecular weight excluding hydrogens is 360 g/mol. The number of rotatable bonds is 9. The molecule has 1 saturated heterocycles. The number of amides is 1. The zero-order chi connectivity index (χ0) is 19.0. The average molecular weight is 386 g/mol. The maximum atomic E-state index is 12.2. The summed E-state index contributed by atoms with van der Waals surface area (Å²) < 4.78 is 41.4. The first-order valence-electron chi connectivity index (χ1n) is 8.49. The highest BCUT2D eigenvalue weighted by Crippen LogP contribution is 2.24. The number of carbonyl (C=O) groups excluding carboxylic acids is 1. The van der Waals surface area contributed by atoms with E-state index in [4.69, 9.17) is 14.2 Å². The number of ether oxygens (including phenoxy) is 3. The molecule has 1 amide bonds. The number of sulfonamides is 1. The third kappa shape index (κ3) is 5.86. The van der Waals surface area contributed by atoms with Crippen molar-refractivity contribution in [2.45, 2.75) is 12.8 Å². The molecule has 9 heteroatoms. The van der Waals surface area contributed by atoms with Crippen molar-refractivity contribution < 1.29 is 27.4 Å². The standard InChI is InChI=1S/C17H26N2O6S/c1-23-15-4-3-14(16(13-15)24-2)5-7-18-17(20)6-12-26(21,22)19-8-10-25-11-9-19/h3-4,13H,5-12H2,1-2H3,(H,18,20). The minimum absolute atomic E-state index is 0.0561. The van der Waals surface area contributed by atoms with Gasteiger partial charge in [0, 0.05) is 32.1 Å². The van der Waals surface area contributed by atoms with Gasteiger partial charge in [0.25, 0.3) is 0 Å². The summed E-state index contributed by atoms with van der Waals surface area (Å²) >= 11 is 0. The van der Waals surface area contributed by atoms with Crippen LogP contribution in [0.25, 0.3) is 0 Å². The van der Waals surface area contributed by atoms with E-state index in [9.17, 15) is 13.2 Å². The van der Waals surface area contributed by atoms with Crippen LogP contribution in [0, 0.1) is 0 Å². The van der Waals surface area contributed by atoms with Gasteiger partial charge in [-0.2, -0.15) is 4.31 Å². The molecule has 2 rings (SSSR count). The first kappa shape index (κ1) is 20.5. The Hall–Kier alpha value is -1.84. The summed E-state index contributed by atoms with van der Waals surface area (Å²) in [4.78, 5) is 11.9. The molecule has 1 aliphatic heterocycles. The number of methoxy groups -OCH3 is 2. The summed E-state index contributed by atoms with van der Waals surface area (Å²) in [5.41, 5.74) is 0.939. The predicted molar refractivity (Wildman–Crippen MR) is 97.1 cm³/mol. The molecule has 1 aromatic carbocycles. The Morgan fingerprint density at radius 3 is 2.62 bits per heavy atom. The van der Waals surface area contributed by atoms with E-state index in [2.05, 4.69) is 5.32 Å². The van der Waals surface area contributed by atoms with Gasteiger partial charge in [-0.3, -0.25) is 4.79 Å². The Bertz CT molecular complexity index is 701. The molecule has 0 unspecified atom stereocenters. The van der Waals surface area contributed by atoms with E-state index in [0.717, 1.165) is 5.56 Å². The smallest absolute Gasteiger partial charge is 0.221 e. The number of hydrogen-bond acceptors (Lipinski definition) is 6. The Morgan fingerprint density at radius 2 is 1.96 bits per heavy atom. The number of morpholine rings is 1. The van der Waals surface area contributed by atoms with Crippen LogP contribution >= 0.6 is 0 Å². The molecule has 0 aromatic heterocycles. The van der Waals surface area contributed by atoms with Gasteiger partial charge >= 0.3 is 0 Å². The minimum Gasteiger partial charge on any atom is -0.497 e. The maximum Gasteiger partial charge on any atom is 0.221 e. The molecule has 0 saturated carbocycles. The fourth-order valence-corrected chi connectivity index (χ4v) is 4.07. The predicted octanol–water partition coefficient (Wildman–Crippen LogP) is 0.415. The molecule has 1 fully saturated rings. The Kier molecular flexibility index (Phi) is 7.67. The van der Waals surface area contributed by atoms with Gasteiger partial charge in [-0.25, -0.2) is 8.42 Å². The topological polar surface area (TPSA) is 94.2 Å². The van der Waals surface area contributed by atoms with E-state index < -0.39 is 10.0 Å². The van der Waals surface area contributed by atoms with Crippen molar-refractivity contribution in [1.29, 1.82) is 0 Å². The SMILES string of the molecule is COc1ccc(CCNC(=O)CCS(=O)(=O)N2CCOCC2)c(OC)c1. The maximum absolute atomic E-state index is 12.2. The molecule has 1 heterocycles. The van der Waals surface area contributed by atoms with Crippen LogP contribution in [0.3, 0.4) is 0 Å². The molecule has 0 bridgehead atoms. The molecule has 1 N–H and O–H groups in total. The molecule has 0 radical (unpaired) electrons. The van der Waals surface area contributed by atoms with E-state index in [1.54, 1.807) is 20.3 Å². The van der Waals surface area contributed by atoms with Crippen molar-refractivity contribution in [3.05, 3.63) is 23.8 Å². The quantitative estimate of drug-likeness (QED) is 0.661. The second-order valence-corrected chi connectivity index (χ2v) is 7.94. The van der Waals surface area contributed by atoms with Gasteiger partial charge in [0.1, 0.15) is 11.5 Å². The van der Waals surface area contributed by atoms with Crippen molar-refractivity contribution in [3.8, 4) is 11.5 Å². The van der Waals surface area contributed by atoms with Crippen LogP contribution in [0.15, 0.2) is 18.2 Å². The van der Waals surface area contributed by atoms with Gasteiger partial charge in [-0.1, -0.05) is 6.07 Å². The van der Waals surface area contributed by atoms with Crippen molar-refractivity contribution in [1.82, 2.24) is 9.62 Å². The summed E-state index contributed by atoms with van der Waals surface area (Å²) in [5, 5.41) is 2.75. The van der Waals surface area contributed by atoms with Gasteiger partial charge in [-0.15, -0.1) is 0 Å². The summed E-state index contributed by atoms with van der Waals surface area (Å²) in [7, 11) is -0.256. The number of benzene rings is 1. The lowest BCUT2D eigenvalue weighted by Crippen LogP contribution is -2.42. The third-order valence-corrected chi connectivity index (χ3v) is 6.03. The van der Waals surface area contributed by atoms with Crippen molar-refractivity contribution >= 4 is 15.9 Å². The lowest BCUT2D eigenvalue weighted by molar-refractivity contribution is -0.120. The highest BCUT2D eigenvalue weighted by Gasteiger charge is 2.24. The summed E-state index contributed by atoms with van der Waals surface area (Å²) in [6, 6.07) is 5.49. The van der Waals surface area contributed by atoms with Crippen LogP contribution in [0.2, 0.25) is 0 Å². The monoisotopic (exact) mass is 386 g/mol. The highest BCUT2D eigenvalue weighted by molar-refractivity contribution is 7.89. The molecule has 8 nitrogen and oxygen atoms in total. The number of hydrogen-bond donors (Lipinski definition) is 1. The van der Waals surface area contributed by atoms with Crippen LogP contribution in [0.4, 0.5) is 0 Å². The average Bonchev–Trinajstić information content (AvgIpc) is 2.67. The first-order valence-corrected chi connectivity index (χ1v) is 10.1. The van der Waals surface area contributed by atoms with Crippen molar-refractivity contribution in [2.24, 2.45) is 0 Å². The van der Waals surface area contributed by atoms with Gasteiger partial charge in [-0.05, 0) is 18.1 Å². The van der Waals surface area contributed by atoms with Gasteiger partial charge < -0.3 is 19.5 Å². The molecular formula is C17H26N2O6S. The van der Waals surface area contributed by atoms with Crippen LogP contribution < -0.4 is 14.8 Å². The Balaban J connectivity index is 1.77. The van der Waals surface area contributed by atoms with Crippen LogP contribution in [-0.4, -0.2) is 71.5 Å². The lowest BCUT2D eigenvalue weighted by Gasteiger charge is -2.25. The first-order chi connectivity index (χ1) is 12.5. The fourth-order valence-electron chi connectivity index (χ4n) is 2.66. The van der Waals surface area contributed by atoms with E-state index in [0.29, 0.717) is 50.8 Å². The molecule has 26 heavy (non-hydrogen) atoms. The van der Waals surface area contributed by atoms with E-state index in [1.165, 1.54) is 4.31 Å². The van der Waals surface area contributed by atoms with Gasteiger partial charge in [0.2, 0.25) is 15.9 Å². The molecule has 0 atom stereocenters. The lowest BCUT2D eigenvalue weighted by atomic mass is 10.1. The normalized spacial score (nSPS) is 15.5. The molecule has 0 aliphatic carbocycles. The third-order valence-electron chi connectivity index (χ3n) is 4.16. The molecule has 146 valence electrons. The second-order valence-electron chi connectivity index (χ2n) is 5.86. The molecule has 0 spiro atoms. The number of nitrogens with one attached hydrogen (secondary N) is 1. The Labute approximate surface area is 154 Å². The van der Waals surface area contributed by atoms with E-state index in [1.807, 2.05) is 12.1 Å². The number of nitrogens with zero attached hydrogens (tertiary/aromatic N) is 1. The van der Waals surface area contributed by atoms with Crippen LogP contribution in [0.5, 0.6) is 11.5 Å². The second kappa shape index (κ2) is 9.75. The van der Waals surface area contributed by atoms with Gasteiger partial charge in [0.15, 0.2) is 0 Å². The number of carbonyl (C=O) groups is 1. The summed E-state index contributed by atoms with van der Waals surface area (Å²) in [5.74, 6) is 0.913.